The van der Waals surface area contributed by atoms with E-state index >= 15 is 0 Å². The van der Waals surface area contributed by atoms with Gasteiger partial charge < -0.3 is 0 Å². The molecule has 0 saturated carbocycles. The first kappa shape index (κ1) is 8.11. The van der Waals surface area contributed by atoms with Crippen LogP contribution in [-0.4, -0.2) is 15.4 Å². The number of nitrogens with zero attached hydrogens (tertiary/aromatic N) is 3. The molecular weight excluding hydrogens is 138 g/mol. The van der Waals surface area contributed by atoms with Crippen LogP contribution >= 0.6 is 0 Å². The van der Waals surface area contributed by atoms with Crippen LogP contribution in [0.5, 0.6) is 0 Å². The van der Waals surface area contributed by atoms with E-state index in [1.807, 2.05) is 0 Å². The van der Waals surface area contributed by atoms with Gasteiger partial charge in [-0.3, -0.25) is 0 Å². The van der Waals surface area contributed by atoms with Gasteiger partial charge in [-0.05, 0) is 23.1 Å². The van der Waals surface area contributed by atoms with Crippen molar-refractivity contribution in [3.63, 3.8) is 0 Å². The van der Waals surface area contributed by atoms with E-state index in [4.69, 9.17) is 0 Å². The minimum Gasteiger partial charge on any atom is -0.138 e. The first-order valence-corrected chi connectivity index (χ1v) is 3.92. The highest BCUT2D eigenvalue weighted by Gasteiger charge is 2.06. The van der Waals surface area contributed by atoms with Gasteiger partial charge in [-0.15, -0.1) is 10.2 Å². The van der Waals surface area contributed by atoms with E-state index in [1.165, 1.54) is 5.56 Å². The first-order valence-electron chi connectivity index (χ1n) is 3.92. The molecule has 0 bridgehead atoms. The standard InChI is InChI=1S/C8H13N3/c1-4-7-5-9-11-10-8(7)6(2)3/h5-6H,4H2,1-3H3. The normalized spacial score (nSPS) is 10.5. The van der Waals surface area contributed by atoms with Crippen LogP contribution in [0.15, 0.2) is 6.20 Å². The molecule has 0 aliphatic carbocycles. The summed E-state index contributed by atoms with van der Waals surface area (Å²) in [6, 6.07) is 0. The van der Waals surface area contributed by atoms with Gasteiger partial charge in [-0.25, -0.2) is 0 Å². The van der Waals surface area contributed by atoms with Crippen LogP contribution in [0.25, 0.3) is 0 Å². The second-order valence-electron chi connectivity index (χ2n) is 2.85. The lowest BCUT2D eigenvalue weighted by Crippen LogP contribution is -2.02. The van der Waals surface area contributed by atoms with Gasteiger partial charge in [0.25, 0.3) is 0 Å². The molecule has 0 amide bonds. The molecule has 0 spiro atoms. The monoisotopic (exact) mass is 151 g/mol. The lowest BCUT2D eigenvalue weighted by atomic mass is 10.0. The van der Waals surface area contributed by atoms with Crippen LogP contribution in [0.3, 0.4) is 0 Å². The molecule has 60 valence electrons. The quantitative estimate of drug-likeness (QED) is 0.643. The Kier molecular flexibility index (Phi) is 2.52. The van der Waals surface area contributed by atoms with Crippen molar-refractivity contribution in [2.24, 2.45) is 0 Å². The molecule has 1 heterocycles. The summed E-state index contributed by atoms with van der Waals surface area (Å²) < 4.78 is 0. The zero-order chi connectivity index (χ0) is 8.27. The summed E-state index contributed by atoms with van der Waals surface area (Å²) in [5.74, 6) is 0.445. The molecule has 0 unspecified atom stereocenters. The van der Waals surface area contributed by atoms with E-state index in [-0.39, 0.29) is 0 Å². The number of aryl methyl sites for hydroxylation is 1. The molecule has 11 heavy (non-hydrogen) atoms. The molecular formula is C8H13N3. The van der Waals surface area contributed by atoms with E-state index < -0.39 is 0 Å². The van der Waals surface area contributed by atoms with E-state index in [2.05, 4.69) is 36.2 Å². The van der Waals surface area contributed by atoms with Crippen molar-refractivity contribution in [1.82, 2.24) is 15.4 Å². The summed E-state index contributed by atoms with van der Waals surface area (Å²) in [5, 5.41) is 11.3. The van der Waals surface area contributed by atoms with Crippen LogP contribution in [0.4, 0.5) is 0 Å². The molecule has 0 aromatic carbocycles. The summed E-state index contributed by atoms with van der Waals surface area (Å²) in [6.45, 7) is 6.33. The minimum atomic E-state index is 0.445. The third-order valence-electron chi connectivity index (χ3n) is 1.67. The Balaban J connectivity index is 3.02. The second-order valence-corrected chi connectivity index (χ2v) is 2.85. The second kappa shape index (κ2) is 3.42. The summed E-state index contributed by atoms with van der Waals surface area (Å²) >= 11 is 0. The highest BCUT2D eigenvalue weighted by molar-refractivity contribution is 5.17. The fraction of sp³-hybridized carbons (Fsp3) is 0.625. The van der Waals surface area contributed by atoms with Gasteiger partial charge >= 0.3 is 0 Å². The maximum atomic E-state index is 3.99. The molecule has 0 N–H and O–H groups in total. The number of hydrogen-bond donors (Lipinski definition) is 0. The lowest BCUT2D eigenvalue weighted by molar-refractivity contribution is 0.719. The molecule has 1 aromatic rings. The Bertz CT molecular complexity index is 233. The van der Waals surface area contributed by atoms with Crippen LogP contribution < -0.4 is 0 Å². The Morgan fingerprint density at radius 2 is 2.18 bits per heavy atom. The topological polar surface area (TPSA) is 38.7 Å². The van der Waals surface area contributed by atoms with Crippen molar-refractivity contribution in [2.75, 3.05) is 0 Å². The van der Waals surface area contributed by atoms with Gasteiger partial charge in [0.1, 0.15) is 0 Å². The average molecular weight is 151 g/mol. The molecule has 0 radical (unpaired) electrons. The molecule has 1 rings (SSSR count). The maximum absolute atomic E-state index is 3.99. The maximum Gasteiger partial charge on any atom is 0.0721 e. The Labute approximate surface area is 66.9 Å². The minimum absolute atomic E-state index is 0.445. The van der Waals surface area contributed by atoms with Crippen molar-refractivity contribution in [3.05, 3.63) is 17.5 Å². The van der Waals surface area contributed by atoms with Gasteiger partial charge in [-0.1, -0.05) is 20.8 Å². The molecule has 0 saturated heterocycles. The Hall–Kier alpha value is -0.990. The van der Waals surface area contributed by atoms with Gasteiger partial charge in [0.05, 0.1) is 11.9 Å². The Morgan fingerprint density at radius 1 is 1.45 bits per heavy atom. The van der Waals surface area contributed by atoms with E-state index in [9.17, 15) is 0 Å². The number of aromatic nitrogens is 3. The fourth-order valence-corrected chi connectivity index (χ4v) is 1.06. The smallest absolute Gasteiger partial charge is 0.0721 e. The SMILES string of the molecule is CCc1cnnnc1C(C)C. The zero-order valence-corrected chi connectivity index (χ0v) is 7.20. The zero-order valence-electron chi connectivity index (χ0n) is 7.20. The highest BCUT2D eigenvalue weighted by atomic mass is 15.3. The molecule has 3 heteroatoms. The van der Waals surface area contributed by atoms with Crippen molar-refractivity contribution in [2.45, 2.75) is 33.1 Å². The van der Waals surface area contributed by atoms with Crippen molar-refractivity contribution >= 4 is 0 Å². The molecule has 0 aliphatic heterocycles. The van der Waals surface area contributed by atoms with Gasteiger partial charge in [0.2, 0.25) is 0 Å². The van der Waals surface area contributed by atoms with E-state index in [0.717, 1.165) is 12.1 Å². The number of rotatable bonds is 2. The fourth-order valence-electron chi connectivity index (χ4n) is 1.06. The highest BCUT2D eigenvalue weighted by Crippen LogP contribution is 2.14. The van der Waals surface area contributed by atoms with Crippen LogP contribution in [-0.2, 0) is 6.42 Å². The van der Waals surface area contributed by atoms with Crippen LogP contribution in [0.1, 0.15) is 37.9 Å². The summed E-state index contributed by atoms with van der Waals surface area (Å²) in [6.07, 6.45) is 2.78. The van der Waals surface area contributed by atoms with Gasteiger partial charge in [0.15, 0.2) is 0 Å². The molecule has 3 nitrogen and oxygen atoms in total. The number of hydrogen-bond acceptors (Lipinski definition) is 3. The van der Waals surface area contributed by atoms with Crippen LogP contribution in [0.2, 0.25) is 0 Å². The third kappa shape index (κ3) is 1.73. The average Bonchev–Trinajstić information content (AvgIpc) is 2.04. The van der Waals surface area contributed by atoms with Crippen LogP contribution in [0, 0.1) is 0 Å². The van der Waals surface area contributed by atoms with Crippen molar-refractivity contribution < 1.29 is 0 Å². The molecule has 0 fully saturated rings. The summed E-state index contributed by atoms with van der Waals surface area (Å²) in [5.41, 5.74) is 2.28. The van der Waals surface area contributed by atoms with Crippen molar-refractivity contribution in [3.8, 4) is 0 Å². The van der Waals surface area contributed by atoms with Gasteiger partial charge in [-0.2, -0.15) is 0 Å². The molecule has 1 aromatic heterocycles. The predicted molar refractivity (Wildman–Crippen MR) is 43.3 cm³/mol. The predicted octanol–water partition coefficient (Wildman–Crippen LogP) is 1.56. The van der Waals surface area contributed by atoms with Gasteiger partial charge in [0, 0.05) is 0 Å². The first-order chi connectivity index (χ1) is 5.25. The summed E-state index contributed by atoms with van der Waals surface area (Å²) in [7, 11) is 0. The molecule has 0 aliphatic rings. The molecule has 0 atom stereocenters. The van der Waals surface area contributed by atoms with E-state index in [1.54, 1.807) is 6.20 Å². The lowest BCUT2D eigenvalue weighted by Gasteiger charge is -2.06. The van der Waals surface area contributed by atoms with Crippen molar-refractivity contribution in [1.29, 1.82) is 0 Å². The Morgan fingerprint density at radius 3 is 2.64 bits per heavy atom. The van der Waals surface area contributed by atoms with E-state index in [0.29, 0.717) is 5.92 Å². The third-order valence-corrected chi connectivity index (χ3v) is 1.67. The summed E-state index contributed by atoms with van der Waals surface area (Å²) in [4.78, 5) is 0. The largest absolute Gasteiger partial charge is 0.138 e.